The monoisotopic (exact) mass is 958 g/mol. The predicted octanol–water partition coefficient (Wildman–Crippen LogP) is 17.4. The molecule has 0 amide bonds. The van der Waals surface area contributed by atoms with Gasteiger partial charge in [0.25, 0.3) is 0 Å². The minimum atomic E-state index is 0.0368. The van der Waals surface area contributed by atoms with Crippen molar-refractivity contribution in [3.8, 4) is 39.3 Å². The summed E-state index contributed by atoms with van der Waals surface area (Å²) in [5, 5.41) is 12.0. The van der Waals surface area contributed by atoms with Crippen LogP contribution in [-0.4, -0.2) is 11.8 Å². The molecule has 13 aromatic rings. The fraction of sp³-hybridized carbons (Fsp3) is 0.176. The fourth-order valence-electron chi connectivity index (χ4n) is 12.9. The Kier molecular flexibility index (Phi) is 8.90. The van der Waals surface area contributed by atoms with E-state index < -0.39 is 0 Å². The van der Waals surface area contributed by atoms with Crippen LogP contribution in [0.15, 0.2) is 183 Å². The zero-order valence-electron chi connectivity index (χ0n) is 43.0. The van der Waals surface area contributed by atoms with E-state index in [0.29, 0.717) is 7.28 Å². The molecule has 0 saturated heterocycles. The second-order valence-electron chi connectivity index (χ2n) is 23.6. The van der Waals surface area contributed by atoms with Gasteiger partial charge in [0.15, 0.2) is 7.28 Å². The number of nitrogens with one attached hydrogen (secondary N) is 1. The van der Waals surface area contributed by atoms with Crippen molar-refractivity contribution in [2.75, 3.05) is 5.32 Å². The lowest BCUT2D eigenvalue weighted by atomic mass is 9.59. The molecule has 15 rings (SSSR count). The molecule has 5 nitrogen and oxygen atoms in total. The molecular formula is C68H55BN2O3. The standard InChI is InChI=1S/C68H55BN2O3/c1-66(2,3)40-22-24-41(25-23-40)70-54-36-60-48(49-32-51-52(34-58(49)73-60)68(6,7)29-28-67(51,4)5)30-45(54)43-26-27-44-46-31-47-42-20-14-15-21-57(42)72-61(47)37-55(46)71-56-33-50-59(35-53(56)69-63(43)64(44)71)74-65(39-18-12-9-13-19-39)62(50)38-16-10-8-11-17-38/h8-27,30-37,69-70H,28-29H2,1-7H3. The smallest absolute Gasteiger partial charge is 0.198 e. The van der Waals surface area contributed by atoms with E-state index >= 15 is 0 Å². The number of nitrogens with zero attached hydrogens (tertiary/aromatic N) is 1. The molecule has 0 saturated carbocycles. The minimum absolute atomic E-state index is 0.0368. The summed E-state index contributed by atoms with van der Waals surface area (Å²) in [6, 6.07) is 62.1. The maximum Gasteiger partial charge on any atom is 0.198 e. The van der Waals surface area contributed by atoms with Crippen LogP contribution in [0.1, 0.15) is 78.0 Å². The first-order valence-corrected chi connectivity index (χ1v) is 26.3. The lowest BCUT2D eigenvalue weighted by molar-refractivity contribution is 0.332. The molecule has 4 aromatic heterocycles. The van der Waals surface area contributed by atoms with Crippen LogP contribution in [0.2, 0.25) is 0 Å². The van der Waals surface area contributed by atoms with E-state index in [1.807, 2.05) is 0 Å². The van der Waals surface area contributed by atoms with Crippen LogP contribution < -0.4 is 16.2 Å². The number of aromatic nitrogens is 1. The van der Waals surface area contributed by atoms with Gasteiger partial charge in [0.05, 0.1) is 11.2 Å². The first-order chi connectivity index (χ1) is 35.8. The molecule has 0 unspecified atom stereocenters. The van der Waals surface area contributed by atoms with Crippen molar-refractivity contribution in [1.29, 1.82) is 0 Å². The first kappa shape index (κ1) is 43.4. The molecule has 9 aromatic carbocycles. The number of para-hydroxylation sites is 1. The van der Waals surface area contributed by atoms with Crippen molar-refractivity contribution in [1.82, 2.24) is 4.57 Å². The van der Waals surface area contributed by atoms with Gasteiger partial charge in [0.1, 0.15) is 33.7 Å². The molecule has 1 aliphatic heterocycles. The summed E-state index contributed by atoms with van der Waals surface area (Å²) in [6.07, 6.45) is 2.29. The molecule has 5 heterocycles. The Labute approximate surface area is 430 Å². The van der Waals surface area contributed by atoms with E-state index in [1.165, 1.54) is 54.9 Å². The Morgan fingerprint density at radius 2 is 1.14 bits per heavy atom. The van der Waals surface area contributed by atoms with Gasteiger partial charge in [-0.3, -0.25) is 0 Å². The number of anilines is 2. The van der Waals surface area contributed by atoms with Crippen molar-refractivity contribution >= 4 is 106 Å². The predicted molar refractivity (Wildman–Crippen MR) is 312 cm³/mol. The summed E-state index contributed by atoms with van der Waals surface area (Å²) in [4.78, 5) is 0. The van der Waals surface area contributed by atoms with Gasteiger partial charge < -0.3 is 23.1 Å². The molecule has 0 atom stereocenters. The molecule has 0 spiro atoms. The Balaban J connectivity index is 1.02. The molecule has 0 radical (unpaired) electrons. The summed E-state index contributed by atoms with van der Waals surface area (Å²) >= 11 is 0. The highest BCUT2D eigenvalue weighted by Crippen LogP contribution is 2.50. The van der Waals surface area contributed by atoms with Crippen LogP contribution in [0.25, 0.3) is 116 Å². The Morgan fingerprint density at radius 1 is 0.500 bits per heavy atom. The third-order valence-corrected chi connectivity index (χ3v) is 17.0. The van der Waals surface area contributed by atoms with E-state index in [4.69, 9.17) is 13.3 Å². The third-order valence-electron chi connectivity index (χ3n) is 17.0. The number of hydrogen-bond donors (Lipinski definition) is 1. The summed E-state index contributed by atoms with van der Waals surface area (Å²) in [6.45, 7) is 16.4. The molecular weight excluding hydrogens is 904 g/mol. The van der Waals surface area contributed by atoms with Crippen LogP contribution in [0, 0.1) is 0 Å². The molecule has 358 valence electrons. The zero-order valence-corrected chi connectivity index (χ0v) is 43.0. The molecule has 1 aliphatic carbocycles. The summed E-state index contributed by atoms with van der Waals surface area (Å²) < 4.78 is 23.2. The third kappa shape index (κ3) is 6.36. The van der Waals surface area contributed by atoms with Crippen molar-refractivity contribution in [2.45, 2.75) is 77.6 Å². The fourth-order valence-corrected chi connectivity index (χ4v) is 12.9. The average molecular weight is 959 g/mol. The lowest BCUT2D eigenvalue weighted by Crippen LogP contribution is -2.37. The highest BCUT2D eigenvalue weighted by molar-refractivity contribution is 6.73. The number of benzene rings is 9. The van der Waals surface area contributed by atoms with Gasteiger partial charge >= 0.3 is 0 Å². The maximum atomic E-state index is 7.06. The number of furan rings is 3. The summed E-state index contributed by atoms with van der Waals surface area (Å²) in [5.74, 6) is 0.874. The summed E-state index contributed by atoms with van der Waals surface area (Å²) in [7, 11) is 0.704. The zero-order chi connectivity index (χ0) is 50.0. The van der Waals surface area contributed by atoms with Crippen LogP contribution in [0.3, 0.4) is 0 Å². The highest BCUT2D eigenvalue weighted by Gasteiger charge is 2.38. The Bertz CT molecular complexity index is 4500. The Morgan fingerprint density at radius 3 is 1.89 bits per heavy atom. The van der Waals surface area contributed by atoms with Crippen LogP contribution in [-0.2, 0) is 16.2 Å². The summed E-state index contributed by atoms with van der Waals surface area (Å²) in [5.41, 5.74) is 22.3. The lowest BCUT2D eigenvalue weighted by Gasteiger charge is -2.41. The average Bonchev–Trinajstić information content (AvgIpc) is 4.15. The van der Waals surface area contributed by atoms with E-state index in [9.17, 15) is 0 Å². The van der Waals surface area contributed by atoms with E-state index in [1.54, 1.807) is 0 Å². The second-order valence-corrected chi connectivity index (χ2v) is 23.6. The van der Waals surface area contributed by atoms with Gasteiger partial charge in [-0.25, -0.2) is 0 Å². The largest absolute Gasteiger partial charge is 0.456 e. The van der Waals surface area contributed by atoms with E-state index in [-0.39, 0.29) is 16.2 Å². The number of fused-ring (bicyclic) bond motifs is 13. The number of hydrogen-bond acceptors (Lipinski definition) is 4. The van der Waals surface area contributed by atoms with Gasteiger partial charge in [-0.15, -0.1) is 0 Å². The van der Waals surface area contributed by atoms with Crippen molar-refractivity contribution < 1.29 is 13.3 Å². The molecule has 6 heteroatoms. The van der Waals surface area contributed by atoms with Gasteiger partial charge in [0.2, 0.25) is 0 Å². The molecule has 2 aliphatic rings. The van der Waals surface area contributed by atoms with Gasteiger partial charge in [-0.05, 0) is 117 Å². The minimum Gasteiger partial charge on any atom is -0.456 e. The first-order valence-electron chi connectivity index (χ1n) is 26.3. The van der Waals surface area contributed by atoms with Crippen LogP contribution in [0.4, 0.5) is 11.4 Å². The maximum absolute atomic E-state index is 7.06. The topological polar surface area (TPSA) is 56.4 Å². The van der Waals surface area contributed by atoms with Crippen LogP contribution >= 0.6 is 0 Å². The molecule has 1 N–H and O–H groups in total. The number of rotatable bonds is 5. The van der Waals surface area contributed by atoms with E-state index in [2.05, 4.69) is 228 Å². The van der Waals surface area contributed by atoms with Gasteiger partial charge in [0, 0.05) is 83.4 Å². The van der Waals surface area contributed by atoms with Crippen molar-refractivity contribution in [2.24, 2.45) is 0 Å². The molecule has 0 fully saturated rings. The Hall–Kier alpha value is -8.22. The van der Waals surface area contributed by atoms with Crippen molar-refractivity contribution in [3.63, 3.8) is 0 Å². The normalized spacial score (nSPS) is 14.9. The molecule has 74 heavy (non-hydrogen) atoms. The van der Waals surface area contributed by atoms with Crippen molar-refractivity contribution in [3.05, 3.63) is 187 Å². The highest BCUT2D eigenvalue weighted by atomic mass is 16.3. The van der Waals surface area contributed by atoms with Gasteiger partial charge in [-0.1, -0.05) is 157 Å². The quantitative estimate of drug-likeness (QED) is 0.175. The van der Waals surface area contributed by atoms with E-state index in [0.717, 1.165) is 113 Å². The second kappa shape index (κ2) is 15.2. The SMILES string of the molecule is CC(C)(C)c1ccc(Nc2cc3oc4cc5c(cc4c3cc2-c2ccc3c4cc6c(cc4n4c3c2Bc2cc3oc(-c7ccccc7)c(-c7ccccc7)c3cc2-4)oc2ccccc26)C(C)(C)CCC5(C)C)cc1. The molecule has 0 bridgehead atoms. The van der Waals surface area contributed by atoms with Crippen LogP contribution in [0.5, 0.6) is 0 Å². The van der Waals surface area contributed by atoms with Gasteiger partial charge in [-0.2, -0.15) is 0 Å².